The van der Waals surface area contributed by atoms with Crippen molar-refractivity contribution in [3.8, 4) is 0 Å². The topological polar surface area (TPSA) is 73.6 Å². The lowest BCUT2D eigenvalue weighted by Crippen LogP contribution is -2.29. The summed E-state index contributed by atoms with van der Waals surface area (Å²) in [6, 6.07) is 0. The van der Waals surface area contributed by atoms with Crippen LogP contribution in [0.1, 0.15) is 19.8 Å². The van der Waals surface area contributed by atoms with Gasteiger partial charge in [0.15, 0.2) is 0 Å². The number of ether oxygens (including phenoxy) is 2. The van der Waals surface area contributed by atoms with Crippen molar-refractivity contribution in [1.29, 1.82) is 0 Å². The maximum atomic E-state index is 11.0. The fourth-order valence-corrected chi connectivity index (χ4v) is 0.822. The van der Waals surface area contributed by atoms with Crippen LogP contribution >= 0.6 is 0 Å². The molecule has 0 aliphatic rings. The molecule has 0 aromatic carbocycles. The fraction of sp³-hybridized carbons (Fsp3) is 0.889. The molecule has 0 fully saturated rings. The average molecular weight is 204 g/mol. The maximum Gasteiger partial charge on any atom is 0.245 e. The summed E-state index contributed by atoms with van der Waals surface area (Å²) in [4.78, 5) is 11.0. The molecule has 0 aromatic rings. The largest absolute Gasteiger partial charge is 0.369 e. The van der Waals surface area contributed by atoms with Gasteiger partial charge in [-0.05, 0) is 6.42 Å². The summed E-state index contributed by atoms with van der Waals surface area (Å²) in [6.45, 7) is 3.91. The van der Waals surface area contributed by atoms with Crippen LogP contribution in [-0.2, 0) is 14.3 Å². The van der Waals surface area contributed by atoms with Crippen molar-refractivity contribution >= 4 is 5.91 Å². The van der Waals surface area contributed by atoms with Gasteiger partial charge in [0, 0.05) is 6.54 Å². The van der Waals surface area contributed by atoms with E-state index < -0.39 is 0 Å². The summed E-state index contributed by atoms with van der Waals surface area (Å²) >= 11 is 0. The summed E-state index contributed by atoms with van der Waals surface area (Å²) in [7, 11) is 0. The first-order valence-electron chi connectivity index (χ1n) is 4.93. The molecule has 3 N–H and O–H groups in total. The van der Waals surface area contributed by atoms with E-state index in [1.54, 1.807) is 0 Å². The molecule has 0 saturated carbocycles. The molecule has 1 amide bonds. The molecular formula is C9H20N2O3. The molecule has 0 unspecified atom stereocenters. The van der Waals surface area contributed by atoms with E-state index in [0.717, 1.165) is 19.4 Å². The van der Waals surface area contributed by atoms with Crippen LogP contribution in [-0.4, -0.2) is 39.0 Å². The molecule has 84 valence electrons. The Morgan fingerprint density at radius 1 is 1.36 bits per heavy atom. The van der Waals surface area contributed by atoms with Crippen LogP contribution in [0.5, 0.6) is 0 Å². The van der Waals surface area contributed by atoms with Crippen LogP contribution in [0.15, 0.2) is 0 Å². The number of carbonyl (C=O) groups excluding carboxylic acids is 1. The van der Waals surface area contributed by atoms with Crippen LogP contribution in [0.3, 0.4) is 0 Å². The number of carbonyl (C=O) groups is 1. The Labute approximate surface area is 84.9 Å². The van der Waals surface area contributed by atoms with Gasteiger partial charge in [-0.3, -0.25) is 4.79 Å². The Hall–Kier alpha value is -0.650. The Bertz CT molecular complexity index is 142. The van der Waals surface area contributed by atoms with E-state index in [1.807, 2.05) is 0 Å². The zero-order valence-corrected chi connectivity index (χ0v) is 8.75. The SMILES string of the molecule is CCCCNC(=O)COCCOCN. The third-order valence-electron chi connectivity index (χ3n) is 1.58. The first-order valence-corrected chi connectivity index (χ1v) is 4.93. The van der Waals surface area contributed by atoms with Gasteiger partial charge in [0.25, 0.3) is 0 Å². The number of nitrogens with one attached hydrogen (secondary N) is 1. The molecule has 0 aliphatic carbocycles. The molecule has 0 aromatic heterocycles. The second kappa shape index (κ2) is 10.4. The second-order valence-corrected chi connectivity index (χ2v) is 2.83. The minimum Gasteiger partial charge on any atom is -0.369 e. The third kappa shape index (κ3) is 9.44. The third-order valence-corrected chi connectivity index (χ3v) is 1.58. The van der Waals surface area contributed by atoms with Gasteiger partial charge in [0.05, 0.1) is 19.9 Å². The minimum absolute atomic E-state index is 0.0776. The Morgan fingerprint density at radius 3 is 2.71 bits per heavy atom. The van der Waals surface area contributed by atoms with Crippen LogP contribution in [0.25, 0.3) is 0 Å². The number of nitrogens with two attached hydrogens (primary N) is 1. The smallest absolute Gasteiger partial charge is 0.245 e. The standard InChI is InChI=1S/C9H20N2O3/c1-2-3-4-11-9(12)7-13-5-6-14-8-10/h2-8,10H2,1H3,(H,11,12). The molecule has 0 aliphatic heterocycles. The quantitative estimate of drug-likeness (QED) is 0.405. The van der Waals surface area contributed by atoms with Gasteiger partial charge in [-0.1, -0.05) is 13.3 Å². The number of hydrogen-bond acceptors (Lipinski definition) is 4. The van der Waals surface area contributed by atoms with Gasteiger partial charge in [0.1, 0.15) is 6.61 Å². The number of rotatable bonds is 9. The lowest BCUT2D eigenvalue weighted by molar-refractivity contribution is -0.126. The van der Waals surface area contributed by atoms with E-state index in [4.69, 9.17) is 15.2 Å². The number of hydrogen-bond donors (Lipinski definition) is 2. The zero-order valence-electron chi connectivity index (χ0n) is 8.75. The van der Waals surface area contributed by atoms with E-state index in [0.29, 0.717) is 13.2 Å². The van der Waals surface area contributed by atoms with Gasteiger partial charge < -0.3 is 20.5 Å². The van der Waals surface area contributed by atoms with Gasteiger partial charge in [0.2, 0.25) is 5.91 Å². The van der Waals surface area contributed by atoms with Gasteiger partial charge in [-0.25, -0.2) is 0 Å². The highest BCUT2D eigenvalue weighted by molar-refractivity contribution is 5.77. The maximum absolute atomic E-state index is 11.0. The highest BCUT2D eigenvalue weighted by Gasteiger charge is 1.99. The molecule has 0 spiro atoms. The Kier molecular flexibility index (Phi) is 9.95. The normalized spacial score (nSPS) is 10.1. The molecule has 0 atom stereocenters. The summed E-state index contributed by atoms with van der Waals surface area (Å²) < 4.78 is 9.87. The lowest BCUT2D eigenvalue weighted by atomic mass is 10.3. The highest BCUT2D eigenvalue weighted by atomic mass is 16.5. The minimum atomic E-state index is -0.0776. The van der Waals surface area contributed by atoms with Crippen LogP contribution in [0.2, 0.25) is 0 Å². The van der Waals surface area contributed by atoms with Crippen molar-refractivity contribution in [1.82, 2.24) is 5.32 Å². The zero-order chi connectivity index (χ0) is 10.6. The first kappa shape index (κ1) is 13.4. The van der Waals surface area contributed by atoms with Crippen molar-refractivity contribution < 1.29 is 14.3 Å². The number of unbranched alkanes of at least 4 members (excludes halogenated alkanes) is 1. The van der Waals surface area contributed by atoms with Crippen molar-refractivity contribution in [2.45, 2.75) is 19.8 Å². The molecule has 0 saturated heterocycles. The van der Waals surface area contributed by atoms with Crippen molar-refractivity contribution in [2.24, 2.45) is 5.73 Å². The van der Waals surface area contributed by atoms with Crippen LogP contribution in [0.4, 0.5) is 0 Å². The van der Waals surface area contributed by atoms with E-state index >= 15 is 0 Å². The molecule has 5 nitrogen and oxygen atoms in total. The number of amides is 1. The monoisotopic (exact) mass is 204 g/mol. The van der Waals surface area contributed by atoms with Crippen molar-refractivity contribution in [3.05, 3.63) is 0 Å². The second-order valence-electron chi connectivity index (χ2n) is 2.83. The molecule has 5 heteroatoms. The van der Waals surface area contributed by atoms with E-state index in [-0.39, 0.29) is 19.2 Å². The molecule has 0 bridgehead atoms. The molecular weight excluding hydrogens is 184 g/mol. The molecule has 0 radical (unpaired) electrons. The van der Waals surface area contributed by atoms with E-state index in [9.17, 15) is 4.79 Å². The molecule has 0 heterocycles. The van der Waals surface area contributed by atoms with Gasteiger partial charge >= 0.3 is 0 Å². The van der Waals surface area contributed by atoms with Crippen LogP contribution < -0.4 is 11.1 Å². The average Bonchev–Trinajstić information content (AvgIpc) is 2.18. The Balaban J connectivity index is 3.10. The predicted molar refractivity (Wildman–Crippen MR) is 53.7 cm³/mol. The lowest BCUT2D eigenvalue weighted by Gasteiger charge is -2.05. The van der Waals surface area contributed by atoms with Crippen LogP contribution in [0, 0.1) is 0 Å². The van der Waals surface area contributed by atoms with Crippen molar-refractivity contribution in [3.63, 3.8) is 0 Å². The van der Waals surface area contributed by atoms with E-state index in [1.165, 1.54) is 0 Å². The predicted octanol–water partition coefficient (Wildman–Crippen LogP) is -0.148. The fourth-order valence-electron chi connectivity index (χ4n) is 0.822. The first-order chi connectivity index (χ1) is 6.81. The van der Waals surface area contributed by atoms with Gasteiger partial charge in [-0.2, -0.15) is 0 Å². The molecule has 14 heavy (non-hydrogen) atoms. The molecule has 0 rings (SSSR count). The summed E-state index contributed by atoms with van der Waals surface area (Å²) in [5.74, 6) is -0.0776. The van der Waals surface area contributed by atoms with Gasteiger partial charge in [-0.15, -0.1) is 0 Å². The highest BCUT2D eigenvalue weighted by Crippen LogP contribution is 1.83. The Morgan fingerprint density at radius 2 is 2.07 bits per heavy atom. The van der Waals surface area contributed by atoms with Crippen molar-refractivity contribution in [2.75, 3.05) is 33.1 Å². The summed E-state index contributed by atoms with van der Waals surface area (Å²) in [5.41, 5.74) is 5.09. The summed E-state index contributed by atoms with van der Waals surface area (Å²) in [6.07, 6.45) is 2.08. The van der Waals surface area contributed by atoms with E-state index in [2.05, 4.69) is 12.2 Å². The summed E-state index contributed by atoms with van der Waals surface area (Å²) in [5, 5.41) is 2.75.